The van der Waals surface area contributed by atoms with E-state index in [9.17, 15) is 16.8 Å². The fourth-order valence-electron chi connectivity index (χ4n) is 2.21. The Labute approximate surface area is 113 Å². The van der Waals surface area contributed by atoms with Gasteiger partial charge in [0.2, 0.25) is 10.0 Å². The summed E-state index contributed by atoms with van der Waals surface area (Å²) in [5.74, 6) is -0.0788. The highest BCUT2D eigenvalue weighted by molar-refractivity contribution is 7.91. The van der Waals surface area contributed by atoms with E-state index in [1.807, 2.05) is 0 Å². The van der Waals surface area contributed by atoms with Gasteiger partial charge in [0.1, 0.15) is 4.90 Å². The maximum Gasteiger partial charge on any atom is 0.246 e. The average molecular weight is 307 g/mol. The molecule has 0 amide bonds. The molecule has 7 nitrogen and oxygen atoms in total. The summed E-state index contributed by atoms with van der Waals surface area (Å²) in [7, 11) is -6.81. The second-order valence-corrected chi connectivity index (χ2v) is 8.85. The van der Waals surface area contributed by atoms with E-state index in [0.29, 0.717) is 17.8 Å². The monoisotopic (exact) mass is 307 g/mol. The van der Waals surface area contributed by atoms with Crippen LogP contribution in [0.3, 0.4) is 0 Å². The van der Waals surface area contributed by atoms with Crippen LogP contribution in [0.1, 0.15) is 17.8 Å². The van der Waals surface area contributed by atoms with Crippen molar-refractivity contribution in [3.63, 3.8) is 0 Å². The number of sulfone groups is 1. The molecule has 1 aromatic heterocycles. The van der Waals surface area contributed by atoms with Crippen molar-refractivity contribution in [1.82, 2.24) is 14.5 Å². The minimum Gasteiger partial charge on any atom is -0.281 e. The molecule has 0 radical (unpaired) electrons. The van der Waals surface area contributed by atoms with Gasteiger partial charge in [0.05, 0.1) is 22.9 Å². The molecule has 1 N–H and O–H groups in total. The molecule has 2 rings (SSSR count). The summed E-state index contributed by atoms with van der Waals surface area (Å²) in [6, 6.07) is 0. The number of hydrogen-bond acceptors (Lipinski definition) is 5. The van der Waals surface area contributed by atoms with Gasteiger partial charge in [-0.2, -0.15) is 9.40 Å². The van der Waals surface area contributed by atoms with Gasteiger partial charge in [-0.05, 0) is 20.3 Å². The quantitative estimate of drug-likeness (QED) is 0.818. The number of aryl methyl sites for hydroxylation is 2. The SMILES string of the molecule is Cc1n[nH]c(C)c1S(=O)(=O)N1CCCS(=O)(=O)CC1. The molecule has 0 unspecified atom stereocenters. The van der Waals surface area contributed by atoms with Gasteiger partial charge >= 0.3 is 0 Å². The highest BCUT2D eigenvalue weighted by Gasteiger charge is 2.32. The topological polar surface area (TPSA) is 100 Å². The standard InChI is InChI=1S/C10H17N3O4S2/c1-8-10(9(2)12-11-8)19(16,17)13-4-3-6-18(14,15)7-5-13/h3-7H2,1-2H3,(H,11,12). The fraction of sp³-hybridized carbons (Fsp3) is 0.700. The third-order valence-electron chi connectivity index (χ3n) is 3.17. The van der Waals surface area contributed by atoms with Crippen LogP contribution in [0.5, 0.6) is 0 Å². The van der Waals surface area contributed by atoms with E-state index in [-0.39, 0.29) is 29.5 Å². The summed E-state index contributed by atoms with van der Waals surface area (Å²) < 4.78 is 49.3. The molecule has 1 aliphatic heterocycles. The van der Waals surface area contributed by atoms with E-state index in [0.717, 1.165) is 0 Å². The summed E-state index contributed by atoms with van der Waals surface area (Å²) in [6.45, 7) is 3.49. The first-order chi connectivity index (χ1) is 8.74. The molecule has 19 heavy (non-hydrogen) atoms. The number of aromatic nitrogens is 2. The molecule has 0 aromatic carbocycles. The zero-order valence-electron chi connectivity index (χ0n) is 10.9. The maximum absolute atomic E-state index is 12.5. The third-order valence-corrected chi connectivity index (χ3v) is 7.05. The predicted molar refractivity (Wildman–Crippen MR) is 70.1 cm³/mol. The fourth-order valence-corrected chi connectivity index (χ4v) is 5.40. The largest absolute Gasteiger partial charge is 0.281 e. The number of sulfonamides is 1. The lowest BCUT2D eigenvalue weighted by molar-refractivity contribution is 0.434. The Bertz CT molecular complexity index is 656. The third kappa shape index (κ3) is 2.82. The molecule has 1 aromatic rings. The Balaban J connectivity index is 2.36. The molecular weight excluding hydrogens is 290 g/mol. The van der Waals surface area contributed by atoms with Gasteiger partial charge in [-0.1, -0.05) is 0 Å². The van der Waals surface area contributed by atoms with Gasteiger partial charge in [-0.25, -0.2) is 16.8 Å². The molecule has 0 atom stereocenters. The minimum absolute atomic E-state index is 0.00866. The van der Waals surface area contributed by atoms with E-state index < -0.39 is 19.9 Å². The van der Waals surface area contributed by atoms with Crippen molar-refractivity contribution < 1.29 is 16.8 Å². The molecule has 9 heteroatoms. The Morgan fingerprint density at radius 2 is 1.89 bits per heavy atom. The first kappa shape index (κ1) is 14.5. The lowest BCUT2D eigenvalue weighted by Gasteiger charge is -2.19. The van der Waals surface area contributed by atoms with E-state index in [2.05, 4.69) is 10.2 Å². The number of nitrogens with zero attached hydrogens (tertiary/aromatic N) is 2. The van der Waals surface area contributed by atoms with Crippen molar-refractivity contribution in [2.45, 2.75) is 25.2 Å². The maximum atomic E-state index is 12.5. The van der Waals surface area contributed by atoms with Crippen molar-refractivity contribution in [3.8, 4) is 0 Å². The molecule has 108 valence electrons. The van der Waals surface area contributed by atoms with Crippen molar-refractivity contribution in [3.05, 3.63) is 11.4 Å². The predicted octanol–water partition coefficient (Wildman–Crippen LogP) is -0.164. The van der Waals surface area contributed by atoms with Gasteiger partial charge in [-0.15, -0.1) is 0 Å². The first-order valence-electron chi connectivity index (χ1n) is 5.96. The molecule has 0 spiro atoms. The van der Waals surface area contributed by atoms with E-state index in [4.69, 9.17) is 0 Å². The van der Waals surface area contributed by atoms with E-state index >= 15 is 0 Å². The molecule has 1 aliphatic rings. The average Bonchev–Trinajstić information content (AvgIpc) is 2.52. The van der Waals surface area contributed by atoms with Crippen LogP contribution in [0.4, 0.5) is 0 Å². The second kappa shape index (κ2) is 4.88. The van der Waals surface area contributed by atoms with Crippen LogP contribution in [-0.4, -0.2) is 55.9 Å². The van der Waals surface area contributed by atoms with E-state index in [1.54, 1.807) is 13.8 Å². The van der Waals surface area contributed by atoms with Gasteiger partial charge in [0.15, 0.2) is 9.84 Å². The summed E-state index contributed by atoms with van der Waals surface area (Å²) in [6.07, 6.45) is 0.331. The van der Waals surface area contributed by atoms with Crippen LogP contribution in [0.2, 0.25) is 0 Å². The van der Waals surface area contributed by atoms with Gasteiger partial charge in [0.25, 0.3) is 0 Å². The highest BCUT2D eigenvalue weighted by Crippen LogP contribution is 2.22. The number of aromatic amines is 1. The van der Waals surface area contributed by atoms with Crippen LogP contribution in [0, 0.1) is 13.8 Å². The molecular formula is C10H17N3O4S2. The van der Waals surface area contributed by atoms with E-state index in [1.165, 1.54) is 4.31 Å². The zero-order chi connectivity index (χ0) is 14.3. The van der Waals surface area contributed by atoms with Crippen LogP contribution < -0.4 is 0 Å². The number of nitrogens with one attached hydrogen (secondary N) is 1. The Hall–Kier alpha value is -0.930. The molecule has 1 saturated heterocycles. The van der Waals surface area contributed by atoms with Crippen molar-refractivity contribution in [2.24, 2.45) is 0 Å². The van der Waals surface area contributed by atoms with Gasteiger partial charge in [0, 0.05) is 13.1 Å². The lowest BCUT2D eigenvalue weighted by atomic mass is 10.4. The van der Waals surface area contributed by atoms with Gasteiger partial charge in [-0.3, -0.25) is 5.10 Å². The van der Waals surface area contributed by atoms with Crippen LogP contribution in [0.15, 0.2) is 4.90 Å². The smallest absolute Gasteiger partial charge is 0.246 e. The first-order valence-corrected chi connectivity index (χ1v) is 9.22. The minimum atomic E-state index is -3.68. The second-order valence-electron chi connectivity index (χ2n) is 4.67. The number of H-pyrrole nitrogens is 1. The summed E-state index contributed by atoms with van der Waals surface area (Å²) in [5.41, 5.74) is 0.884. The summed E-state index contributed by atoms with van der Waals surface area (Å²) in [5, 5.41) is 6.52. The summed E-state index contributed by atoms with van der Waals surface area (Å²) in [4.78, 5) is 0.159. The molecule has 0 bridgehead atoms. The molecule has 2 heterocycles. The Kier molecular flexibility index (Phi) is 3.72. The van der Waals surface area contributed by atoms with Crippen LogP contribution in [0.25, 0.3) is 0 Å². The number of rotatable bonds is 2. The van der Waals surface area contributed by atoms with Crippen LogP contribution >= 0.6 is 0 Å². The number of hydrogen-bond donors (Lipinski definition) is 1. The van der Waals surface area contributed by atoms with Crippen molar-refractivity contribution in [1.29, 1.82) is 0 Å². The highest BCUT2D eigenvalue weighted by atomic mass is 32.2. The molecule has 1 fully saturated rings. The summed E-state index contributed by atoms with van der Waals surface area (Å²) >= 11 is 0. The Morgan fingerprint density at radius 3 is 2.47 bits per heavy atom. The van der Waals surface area contributed by atoms with Gasteiger partial charge < -0.3 is 0 Å². The van der Waals surface area contributed by atoms with Crippen LogP contribution in [-0.2, 0) is 19.9 Å². The molecule has 0 aliphatic carbocycles. The van der Waals surface area contributed by atoms with Crippen molar-refractivity contribution in [2.75, 3.05) is 24.6 Å². The normalized spacial score (nSPS) is 21.2. The van der Waals surface area contributed by atoms with Crippen molar-refractivity contribution >= 4 is 19.9 Å². The zero-order valence-corrected chi connectivity index (χ0v) is 12.5. The molecule has 0 saturated carbocycles. The Morgan fingerprint density at radius 1 is 1.21 bits per heavy atom. The lowest BCUT2D eigenvalue weighted by Crippen LogP contribution is -2.34.